The number of aliphatic hydroxyl groups excluding tert-OH is 1. The summed E-state index contributed by atoms with van der Waals surface area (Å²) in [6.45, 7) is 0. The molecular weight excluding hydrogens is 261 g/mol. The fourth-order valence-electron chi connectivity index (χ4n) is 1.62. The fraction of sp³-hybridized carbons (Fsp3) is 0.273. The van der Waals surface area contributed by atoms with E-state index in [1.54, 1.807) is 36.1 Å². The van der Waals surface area contributed by atoms with Crippen LogP contribution in [0.5, 0.6) is 0 Å². The standard InChI is InChI=1S/C11H11Cl2N3O/c1-16-6-7(14-15-16)5-10(17)11-8(12)3-2-4-9(11)13/h2-4,6,10,17H,5H2,1H3. The molecule has 0 aliphatic carbocycles. The summed E-state index contributed by atoms with van der Waals surface area (Å²) in [7, 11) is 1.77. The molecule has 0 aliphatic rings. The molecule has 1 N–H and O–H groups in total. The van der Waals surface area contributed by atoms with E-state index in [0.29, 0.717) is 27.7 Å². The number of halogens is 2. The highest BCUT2D eigenvalue weighted by Crippen LogP contribution is 2.31. The maximum Gasteiger partial charge on any atom is 0.0875 e. The average Bonchev–Trinajstić information content (AvgIpc) is 2.63. The largest absolute Gasteiger partial charge is 0.388 e. The van der Waals surface area contributed by atoms with Crippen molar-refractivity contribution in [3.8, 4) is 0 Å². The number of aromatic nitrogens is 3. The van der Waals surface area contributed by atoms with Gasteiger partial charge in [-0.1, -0.05) is 34.5 Å². The molecule has 1 aromatic carbocycles. The summed E-state index contributed by atoms with van der Waals surface area (Å²) in [6, 6.07) is 5.13. The molecule has 2 aromatic rings. The molecule has 4 nitrogen and oxygen atoms in total. The zero-order chi connectivity index (χ0) is 12.4. The molecule has 0 aliphatic heterocycles. The summed E-state index contributed by atoms with van der Waals surface area (Å²) in [6.07, 6.45) is 1.29. The third-order valence-electron chi connectivity index (χ3n) is 2.39. The molecule has 1 unspecified atom stereocenters. The highest BCUT2D eigenvalue weighted by Gasteiger charge is 2.17. The van der Waals surface area contributed by atoms with Crippen molar-refractivity contribution in [3.05, 3.63) is 45.7 Å². The van der Waals surface area contributed by atoms with Gasteiger partial charge in [0.25, 0.3) is 0 Å². The molecule has 0 saturated carbocycles. The number of aryl methyl sites for hydroxylation is 1. The van der Waals surface area contributed by atoms with Gasteiger partial charge in [0.2, 0.25) is 0 Å². The predicted octanol–water partition coefficient (Wildman–Crippen LogP) is 2.40. The maximum absolute atomic E-state index is 10.1. The zero-order valence-corrected chi connectivity index (χ0v) is 10.7. The van der Waals surface area contributed by atoms with E-state index in [4.69, 9.17) is 23.2 Å². The van der Waals surface area contributed by atoms with Crippen LogP contribution >= 0.6 is 23.2 Å². The van der Waals surface area contributed by atoms with Gasteiger partial charge in [-0.15, -0.1) is 5.10 Å². The van der Waals surface area contributed by atoms with Crippen LogP contribution in [0.3, 0.4) is 0 Å². The maximum atomic E-state index is 10.1. The van der Waals surface area contributed by atoms with Crippen LogP contribution in [0, 0.1) is 0 Å². The molecule has 17 heavy (non-hydrogen) atoms. The van der Waals surface area contributed by atoms with Gasteiger partial charge < -0.3 is 5.11 Å². The second-order valence-corrected chi connectivity index (χ2v) is 4.55. The van der Waals surface area contributed by atoms with Crippen LogP contribution in [0.25, 0.3) is 0 Å². The lowest BCUT2D eigenvalue weighted by Gasteiger charge is -2.12. The number of rotatable bonds is 3. The topological polar surface area (TPSA) is 50.9 Å². The highest BCUT2D eigenvalue weighted by molar-refractivity contribution is 6.36. The molecule has 90 valence electrons. The van der Waals surface area contributed by atoms with Crippen molar-refractivity contribution < 1.29 is 5.11 Å². The molecule has 1 heterocycles. The summed E-state index contributed by atoms with van der Waals surface area (Å²) < 4.78 is 1.58. The van der Waals surface area contributed by atoms with Gasteiger partial charge in [-0.25, -0.2) is 0 Å². The molecule has 0 radical (unpaired) electrons. The minimum Gasteiger partial charge on any atom is -0.388 e. The van der Waals surface area contributed by atoms with Crippen LogP contribution in [0.2, 0.25) is 10.0 Å². The van der Waals surface area contributed by atoms with E-state index in [1.165, 1.54) is 0 Å². The van der Waals surface area contributed by atoms with E-state index in [1.807, 2.05) is 0 Å². The van der Waals surface area contributed by atoms with Crippen molar-refractivity contribution in [1.82, 2.24) is 15.0 Å². The number of hydrogen-bond acceptors (Lipinski definition) is 3. The van der Waals surface area contributed by atoms with Crippen molar-refractivity contribution in [3.63, 3.8) is 0 Å². The molecule has 0 spiro atoms. The van der Waals surface area contributed by atoms with Crippen LogP contribution in [-0.2, 0) is 13.5 Å². The lowest BCUT2D eigenvalue weighted by molar-refractivity contribution is 0.177. The Labute approximate surface area is 109 Å². The lowest BCUT2D eigenvalue weighted by Crippen LogP contribution is -2.04. The number of benzene rings is 1. The van der Waals surface area contributed by atoms with Crippen molar-refractivity contribution in [2.45, 2.75) is 12.5 Å². The van der Waals surface area contributed by atoms with Gasteiger partial charge in [0.05, 0.1) is 11.8 Å². The van der Waals surface area contributed by atoms with Crippen molar-refractivity contribution in [2.24, 2.45) is 7.05 Å². The Hall–Kier alpha value is -1.10. The van der Waals surface area contributed by atoms with Gasteiger partial charge in [0.1, 0.15) is 0 Å². The molecule has 0 fully saturated rings. The van der Waals surface area contributed by atoms with Crippen molar-refractivity contribution in [2.75, 3.05) is 0 Å². The average molecular weight is 272 g/mol. The molecular formula is C11H11Cl2N3O. The third kappa shape index (κ3) is 2.77. The Kier molecular flexibility index (Phi) is 3.66. The van der Waals surface area contributed by atoms with Gasteiger partial charge in [0, 0.05) is 35.3 Å². The molecule has 0 bridgehead atoms. The van der Waals surface area contributed by atoms with Gasteiger partial charge in [-0.3, -0.25) is 4.68 Å². The second-order valence-electron chi connectivity index (χ2n) is 3.74. The van der Waals surface area contributed by atoms with Crippen LogP contribution in [-0.4, -0.2) is 20.1 Å². The monoisotopic (exact) mass is 271 g/mol. The molecule has 2 rings (SSSR count). The highest BCUT2D eigenvalue weighted by atomic mass is 35.5. The third-order valence-corrected chi connectivity index (χ3v) is 3.04. The van der Waals surface area contributed by atoms with Crippen LogP contribution < -0.4 is 0 Å². The SMILES string of the molecule is Cn1cc(CC(O)c2c(Cl)cccc2Cl)nn1. The Bertz CT molecular complexity index is 507. The van der Waals surface area contributed by atoms with Crippen LogP contribution in [0.15, 0.2) is 24.4 Å². The first-order valence-electron chi connectivity index (χ1n) is 5.05. The van der Waals surface area contributed by atoms with Crippen LogP contribution in [0.1, 0.15) is 17.4 Å². The Balaban J connectivity index is 2.22. The first kappa shape index (κ1) is 12.4. The second kappa shape index (κ2) is 5.04. The summed E-state index contributed by atoms with van der Waals surface area (Å²) in [5, 5.41) is 18.7. The molecule has 0 saturated heterocycles. The molecule has 1 aromatic heterocycles. The summed E-state index contributed by atoms with van der Waals surface area (Å²) in [5.41, 5.74) is 1.22. The Morgan fingerprint density at radius 1 is 1.35 bits per heavy atom. The summed E-state index contributed by atoms with van der Waals surface area (Å²) >= 11 is 12.0. The molecule has 0 amide bonds. The first-order valence-corrected chi connectivity index (χ1v) is 5.80. The molecule has 6 heteroatoms. The lowest BCUT2D eigenvalue weighted by atomic mass is 10.1. The van der Waals surface area contributed by atoms with Gasteiger partial charge in [0.15, 0.2) is 0 Å². The van der Waals surface area contributed by atoms with Crippen LogP contribution in [0.4, 0.5) is 0 Å². The first-order chi connectivity index (χ1) is 8.08. The van der Waals surface area contributed by atoms with E-state index < -0.39 is 6.10 Å². The number of hydrogen-bond donors (Lipinski definition) is 1. The zero-order valence-electron chi connectivity index (χ0n) is 9.14. The van der Waals surface area contributed by atoms with E-state index in [0.717, 1.165) is 0 Å². The normalized spacial score (nSPS) is 12.7. The van der Waals surface area contributed by atoms with Gasteiger partial charge in [-0.05, 0) is 12.1 Å². The fourth-order valence-corrected chi connectivity index (χ4v) is 2.27. The number of aliphatic hydroxyl groups is 1. The quantitative estimate of drug-likeness (QED) is 0.933. The molecule has 1 atom stereocenters. The van der Waals surface area contributed by atoms with Crippen molar-refractivity contribution in [1.29, 1.82) is 0 Å². The predicted molar refractivity (Wildman–Crippen MR) is 66.1 cm³/mol. The van der Waals surface area contributed by atoms with E-state index in [-0.39, 0.29) is 0 Å². The smallest absolute Gasteiger partial charge is 0.0875 e. The minimum absolute atomic E-state index is 0.331. The summed E-state index contributed by atoms with van der Waals surface area (Å²) in [4.78, 5) is 0. The van der Waals surface area contributed by atoms with E-state index in [2.05, 4.69) is 10.3 Å². The van der Waals surface area contributed by atoms with Crippen molar-refractivity contribution >= 4 is 23.2 Å². The van der Waals surface area contributed by atoms with Gasteiger partial charge in [-0.2, -0.15) is 0 Å². The van der Waals surface area contributed by atoms with E-state index in [9.17, 15) is 5.11 Å². The van der Waals surface area contributed by atoms with E-state index >= 15 is 0 Å². The Morgan fingerprint density at radius 3 is 2.53 bits per heavy atom. The minimum atomic E-state index is -0.784. The van der Waals surface area contributed by atoms with Gasteiger partial charge >= 0.3 is 0 Å². The summed E-state index contributed by atoms with van der Waals surface area (Å²) in [5.74, 6) is 0. The Morgan fingerprint density at radius 2 is 2.00 bits per heavy atom. The number of nitrogens with zero attached hydrogens (tertiary/aromatic N) is 3.